The van der Waals surface area contributed by atoms with Crippen molar-refractivity contribution in [1.29, 1.82) is 0 Å². The lowest BCUT2D eigenvalue weighted by atomic mass is 10.1. The molecule has 0 unspecified atom stereocenters. The summed E-state index contributed by atoms with van der Waals surface area (Å²) in [6.07, 6.45) is 4.42. The van der Waals surface area contributed by atoms with Crippen molar-refractivity contribution in [1.82, 2.24) is 24.6 Å². The maximum atomic E-state index is 13.1. The standard InChI is InChI=1S/C22H20FN5O2/c23-17-8-10-18(11-9-17)28-21-19(13-26-28)22(30)27(15-25-21)14-20(29)24-12-4-7-16-5-2-1-3-6-16/h1-3,5-6,8-11,13,15H,4,7,12,14H2,(H,24,29). The second-order valence-electron chi connectivity index (χ2n) is 6.89. The number of fused-ring (bicyclic) bond motifs is 1. The lowest BCUT2D eigenvalue weighted by Gasteiger charge is -2.08. The van der Waals surface area contributed by atoms with E-state index >= 15 is 0 Å². The molecule has 152 valence electrons. The average molecular weight is 405 g/mol. The second-order valence-corrected chi connectivity index (χ2v) is 6.89. The highest BCUT2D eigenvalue weighted by molar-refractivity contribution is 5.77. The summed E-state index contributed by atoms with van der Waals surface area (Å²) in [4.78, 5) is 29.2. The van der Waals surface area contributed by atoms with Crippen molar-refractivity contribution in [3.05, 3.63) is 88.9 Å². The first-order chi connectivity index (χ1) is 14.6. The fraction of sp³-hybridized carbons (Fsp3) is 0.182. The third kappa shape index (κ3) is 4.27. The Balaban J connectivity index is 1.41. The van der Waals surface area contributed by atoms with Crippen LogP contribution < -0.4 is 10.9 Å². The topological polar surface area (TPSA) is 81.8 Å². The van der Waals surface area contributed by atoms with Crippen LogP contribution in [0.2, 0.25) is 0 Å². The second kappa shape index (κ2) is 8.69. The van der Waals surface area contributed by atoms with Gasteiger partial charge in [0.25, 0.3) is 5.56 Å². The van der Waals surface area contributed by atoms with Crippen LogP contribution in [0.15, 0.2) is 71.9 Å². The highest BCUT2D eigenvalue weighted by Gasteiger charge is 2.13. The fourth-order valence-corrected chi connectivity index (χ4v) is 3.21. The molecule has 0 bridgehead atoms. The molecule has 0 aliphatic rings. The first-order valence-electron chi connectivity index (χ1n) is 9.61. The molecular formula is C22H20FN5O2. The maximum Gasteiger partial charge on any atom is 0.264 e. The molecule has 8 heteroatoms. The number of aromatic nitrogens is 4. The molecule has 30 heavy (non-hydrogen) atoms. The number of nitrogens with one attached hydrogen (secondary N) is 1. The van der Waals surface area contributed by atoms with Crippen LogP contribution in [-0.2, 0) is 17.8 Å². The first kappa shape index (κ1) is 19.5. The molecule has 7 nitrogen and oxygen atoms in total. The number of hydrogen-bond acceptors (Lipinski definition) is 4. The lowest BCUT2D eigenvalue weighted by Crippen LogP contribution is -2.33. The van der Waals surface area contributed by atoms with Gasteiger partial charge in [0.05, 0.1) is 11.9 Å². The SMILES string of the molecule is O=C(Cn1cnc2c(cnn2-c2ccc(F)cc2)c1=O)NCCCc1ccccc1. The van der Waals surface area contributed by atoms with Crippen molar-refractivity contribution in [2.75, 3.05) is 6.54 Å². The van der Waals surface area contributed by atoms with Gasteiger partial charge in [-0.3, -0.25) is 14.2 Å². The summed E-state index contributed by atoms with van der Waals surface area (Å²) in [5.41, 5.74) is 1.81. The molecule has 2 aromatic heterocycles. The summed E-state index contributed by atoms with van der Waals surface area (Å²) < 4.78 is 15.9. The molecule has 0 spiro atoms. The number of carbonyl (C=O) groups excluding carboxylic acids is 1. The average Bonchev–Trinajstić information content (AvgIpc) is 3.19. The zero-order chi connectivity index (χ0) is 20.9. The van der Waals surface area contributed by atoms with E-state index in [2.05, 4.69) is 15.4 Å². The van der Waals surface area contributed by atoms with Gasteiger partial charge in [-0.2, -0.15) is 5.10 Å². The van der Waals surface area contributed by atoms with Gasteiger partial charge >= 0.3 is 0 Å². The Bertz CT molecular complexity index is 1220. The minimum absolute atomic E-state index is 0.116. The molecule has 2 heterocycles. The molecule has 0 saturated heterocycles. The lowest BCUT2D eigenvalue weighted by molar-refractivity contribution is -0.121. The predicted molar refractivity (Wildman–Crippen MR) is 111 cm³/mol. The molecule has 0 saturated carbocycles. The van der Waals surface area contributed by atoms with Crippen LogP contribution in [0.3, 0.4) is 0 Å². The third-order valence-corrected chi connectivity index (χ3v) is 4.75. The molecule has 1 amide bonds. The Hall–Kier alpha value is -3.81. The Morgan fingerprint density at radius 3 is 2.60 bits per heavy atom. The number of rotatable bonds is 7. The number of amides is 1. The number of hydrogen-bond donors (Lipinski definition) is 1. The summed E-state index contributed by atoms with van der Waals surface area (Å²) in [6, 6.07) is 15.8. The number of benzene rings is 2. The van der Waals surface area contributed by atoms with Gasteiger partial charge in [0.15, 0.2) is 5.65 Å². The van der Waals surface area contributed by atoms with Gasteiger partial charge in [0, 0.05) is 6.54 Å². The fourth-order valence-electron chi connectivity index (χ4n) is 3.21. The molecule has 4 rings (SSSR count). The van der Waals surface area contributed by atoms with Gasteiger partial charge < -0.3 is 5.32 Å². The Morgan fingerprint density at radius 1 is 1.07 bits per heavy atom. The molecule has 0 radical (unpaired) electrons. The normalized spacial score (nSPS) is 11.0. The van der Waals surface area contributed by atoms with Crippen LogP contribution in [0.1, 0.15) is 12.0 Å². The van der Waals surface area contributed by atoms with Gasteiger partial charge in [0.1, 0.15) is 24.1 Å². The van der Waals surface area contributed by atoms with Crippen LogP contribution >= 0.6 is 0 Å². The smallest absolute Gasteiger partial charge is 0.264 e. The van der Waals surface area contributed by atoms with Crippen molar-refractivity contribution in [2.45, 2.75) is 19.4 Å². The van der Waals surface area contributed by atoms with E-state index in [1.165, 1.54) is 39.5 Å². The number of nitrogens with zero attached hydrogens (tertiary/aromatic N) is 4. The van der Waals surface area contributed by atoms with E-state index in [0.717, 1.165) is 12.8 Å². The predicted octanol–water partition coefficient (Wildman–Crippen LogP) is 2.47. The molecular weight excluding hydrogens is 385 g/mol. The van der Waals surface area contributed by atoms with Gasteiger partial charge in [0.2, 0.25) is 5.91 Å². The van der Waals surface area contributed by atoms with E-state index in [0.29, 0.717) is 23.3 Å². The largest absolute Gasteiger partial charge is 0.355 e. The molecule has 0 aliphatic heterocycles. The van der Waals surface area contributed by atoms with Crippen LogP contribution in [0.25, 0.3) is 16.7 Å². The molecule has 2 aromatic carbocycles. The van der Waals surface area contributed by atoms with Crippen LogP contribution in [0.4, 0.5) is 4.39 Å². The molecule has 4 aromatic rings. The minimum atomic E-state index is -0.361. The highest BCUT2D eigenvalue weighted by atomic mass is 19.1. The number of halogens is 1. The summed E-state index contributed by atoms with van der Waals surface area (Å²) >= 11 is 0. The van der Waals surface area contributed by atoms with Crippen molar-refractivity contribution < 1.29 is 9.18 Å². The monoisotopic (exact) mass is 405 g/mol. The van der Waals surface area contributed by atoms with Crippen LogP contribution in [0, 0.1) is 5.82 Å². The van der Waals surface area contributed by atoms with Crippen molar-refractivity contribution >= 4 is 16.9 Å². The van der Waals surface area contributed by atoms with Gasteiger partial charge in [-0.25, -0.2) is 14.1 Å². The van der Waals surface area contributed by atoms with Crippen molar-refractivity contribution in [3.63, 3.8) is 0 Å². The highest BCUT2D eigenvalue weighted by Crippen LogP contribution is 2.14. The Labute approximate surface area is 171 Å². The van der Waals surface area contributed by atoms with Crippen molar-refractivity contribution in [3.8, 4) is 5.69 Å². The van der Waals surface area contributed by atoms with Gasteiger partial charge in [-0.1, -0.05) is 30.3 Å². The van der Waals surface area contributed by atoms with E-state index in [1.54, 1.807) is 12.1 Å². The minimum Gasteiger partial charge on any atom is -0.355 e. The number of aryl methyl sites for hydroxylation is 1. The number of carbonyl (C=O) groups is 1. The van der Waals surface area contributed by atoms with E-state index < -0.39 is 0 Å². The van der Waals surface area contributed by atoms with Gasteiger partial charge in [-0.05, 0) is 42.7 Å². The maximum absolute atomic E-state index is 13.1. The Morgan fingerprint density at radius 2 is 1.83 bits per heavy atom. The third-order valence-electron chi connectivity index (χ3n) is 4.75. The summed E-state index contributed by atoms with van der Waals surface area (Å²) in [5.74, 6) is -0.613. The van der Waals surface area contributed by atoms with E-state index in [4.69, 9.17) is 0 Å². The molecule has 0 fully saturated rings. The zero-order valence-corrected chi connectivity index (χ0v) is 16.2. The van der Waals surface area contributed by atoms with E-state index in [-0.39, 0.29) is 23.8 Å². The van der Waals surface area contributed by atoms with Crippen LogP contribution in [-0.4, -0.2) is 31.8 Å². The Kier molecular flexibility index (Phi) is 5.65. The van der Waals surface area contributed by atoms with Crippen molar-refractivity contribution in [2.24, 2.45) is 0 Å². The molecule has 1 N–H and O–H groups in total. The molecule has 0 atom stereocenters. The first-order valence-corrected chi connectivity index (χ1v) is 9.61. The van der Waals surface area contributed by atoms with Crippen LogP contribution in [0.5, 0.6) is 0 Å². The summed E-state index contributed by atoms with van der Waals surface area (Å²) in [6.45, 7) is 0.412. The summed E-state index contributed by atoms with van der Waals surface area (Å²) in [7, 11) is 0. The van der Waals surface area contributed by atoms with E-state index in [9.17, 15) is 14.0 Å². The summed E-state index contributed by atoms with van der Waals surface area (Å²) in [5, 5.41) is 7.30. The zero-order valence-electron chi connectivity index (χ0n) is 16.2. The molecule has 0 aliphatic carbocycles. The van der Waals surface area contributed by atoms with Gasteiger partial charge in [-0.15, -0.1) is 0 Å². The van der Waals surface area contributed by atoms with E-state index in [1.807, 2.05) is 30.3 Å². The quantitative estimate of drug-likeness (QED) is 0.479.